The summed E-state index contributed by atoms with van der Waals surface area (Å²) in [6, 6.07) is 14.0. The minimum atomic E-state index is -3.82. The van der Waals surface area contributed by atoms with Gasteiger partial charge in [0.1, 0.15) is 5.82 Å². The van der Waals surface area contributed by atoms with E-state index in [1.165, 1.54) is 27.4 Å². The van der Waals surface area contributed by atoms with Gasteiger partial charge in [0.2, 0.25) is 5.03 Å². The molecule has 200 valence electrons. The first kappa shape index (κ1) is 25.3. The van der Waals surface area contributed by atoms with Gasteiger partial charge in [-0.25, -0.2) is 17.5 Å². The Balaban J connectivity index is 1.39. The van der Waals surface area contributed by atoms with Crippen molar-refractivity contribution in [3.8, 4) is 5.69 Å². The molecule has 1 saturated heterocycles. The summed E-state index contributed by atoms with van der Waals surface area (Å²) < 4.78 is 43.7. The predicted molar refractivity (Wildman–Crippen MR) is 143 cm³/mol. The van der Waals surface area contributed by atoms with Crippen molar-refractivity contribution in [1.29, 1.82) is 0 Å². The van der Waals surface area contributed by atoms with Crippen LogP contribution in [-0.4, -0.2) is 67.0 Å². The second kappa shape index (κ2) is 9.95. The molecule has 1 aliphatic heterocycles. The third kappa shape index (κ3) is 4.82. The number of aromatic nitrogens is 6. The molecule has 4 heterocycles. The van der Waals surface area contributed by atoms with Gasteiger partial charge >= 0.3 is 0 Å². The van der Waals surface area contributed by atoms with Crippen LogP contribution in [0.4, 0.5) is 4.39 Å². The van der Waals surface area contributed by atoms with E-state index in [4.69, 9.17) is 0 Å². The van der Waals surface area contributed by atoms with Crippen LogP contribution < -0.4 is 0 Å². The van der Waals surface area contributed by atoms with E-state index in [9.17, 15) is 12.8 Å². The Labute approximate surface area is 225 Å². The normalized spacial score (nSPS) is 17.2. The zero-order valence-corrected chi connectivity index (χ0v) is 22.3. The molecular weight excluding hydrogens is 519 g/mol. The molecule has 0 bridgehead atoms. The number of aryl methyl sites for hydroxylation is 2. The number of hydrogen-bond donors (Lipinski definition) is 0. The molecule has 5 aromatic rings. The molecule has 1 aliphatic rings. The molecular formula is C27H27FN8O2S. The number of halogens is 1. The minimum Gasteiger partial charge on any atom is -0.289 e. The second-order valence-corrected chi connectivity index (χ2v) is 11.6. The number of fused-ring (bicyclic) bond motifs is 1. The van der Waals surface area contributed by atoms with Gasteiger partial charge in [-0.1, -0.05) is 6.07 Å². The highest BCUT2D eigenvalue weighted by Gasteiger charge is 2.37. The molecule has 3 aromatic heterocycles. The largest absolute Gasteiger partial charge is 0.289 e. The number of hydrogen-bond acceptors (Lipinski definition) is 7. The molecule has 0 amide bonds. The van der Waals surface area contributed by atoms with E-state index in [0.717, 1.165) is 33.3 Å². The Morgan fingerprint density at radius 3 is 2.56 bits per heavy atom. The van der Waals surface area contributed by atoms with E-state index in [1.807, 2.05) is 25.3 Å². The number of nitrogens with zero attached hydrogens (tertiary/aromatic N) is 8. The maximum atomic E-state index is 13.5. The van der Waals surface area contributed by atoms with E-state index in [2.05, 4.69) is 37.3 Å². The van der Waals surface area contributed by atoms with Crippen LogP contribution in [0.1, 0.15) is 22.7 Å². The standard InChI is InChI=1S/C27H27FN8O2S/c1-19-12-25-21(15-31-36(25)23-7-5-22(28)6-8-23)13-24(19)26-18-35(39(37,38)27-16-30-33(2)32-27)11-10-34(26)17-20-4-3-9-29-14-20/h3-9,12-16,26H,10-11,17-18H2,1-2H3. The summed E-state index contributed by atoms with van der Waals surface area (Å²) in [4.78, 5) is 7.79. The smallest absolute Gasteiger partial charge is 0.264 e. The second-order valence-electron chi connectivity index (χ2n) is 9.68. The van der Waals surface area contributed by atoms with Gasteiger partial charge in [0, 0.05) is 57.0 Å². The fourth-order valence-electron chi connectivity index (χ4n) is 5.14. The van der Waals surface area contributed by atoms with Crippen molar-refractivity contribution in [3.05, 3.63) is 95.8 Å². The van der Waals surface area contributed by atoms with Crippen LogP contribution in [0.2, 0.25) is 0 Å². The van der Waals surface area contributed by atoms with E-state index in [-0.39, 0.29) is 23.4 Å². The molecule has 0 aliphatic carbocycles. The van der Waals surface area contributed by atoms with Gasteiger partial charge in [0.25, 0.3) is 10.0 Å². The molecule has 10 nitrogen and oxygen atoms in total. The first-order chi connectivity index (χ1) is 18.8. The Hall–Kier alpha value is -4.00. The zero-order valence-electron chi connectivity index (χ0n) is 21.5. The molecule has 0 radical (unpaired) electrons. The fourth-order valence-corrected chi connectivity index (χ4v) is 6.47. The number of pyridine rings is 1. The molecule has 39 heavy (non-hydrogen) atoms. The summed E-state index contributed by atoms with van der Waals surface area (Å²) in [7, 11) is -2.22. The Bertz CT molecular complexity index is 1740. The predicted octanol–water partition coefficient (Wildman–Crippen LogP) is 3.24. The molecule has 12 heteroatoms. The van der Waals surface area contributed by atoms with E-state index < -0.39 is 10.0 Å². The van der Waals surface area contributed by atoms with Gasteiger partial charge in [-0.15, -0.1) is 5.10 Å². The SMILES string of the molecule is Cc1cc2c(cnn2-c2ccc(F)cc2)cc1C1CN(S(=O)(=O)c2cnn(C)n2)CCN1Cc1cccnc1. The minimum absolute atomic E-state index is 0.0581. The van der Waals surface area contributed by atoms with Gasteiger partial charge in [0.05, 0.1) is 23.6 Å². The lowest BCUT2D eigenvalue weighted by Gasteiger charge is -2.41. The summed E-state index contributed by atoms with van der Waals surface area (Å²) in [6.07, 6.45) is 6.64. The van der Waals surface area contributed by atoms with Crippen LogP contribution in [-0.2, 0) is 23.6 Å². The van der Waals surface area contributed by atoms with Gasteiger partial charge in [-0.05, 0) is 66.1 Å². The van der Waals surface area contributed by atoms with Gasteiger partial charge < -0.3 is 0 Å². The fraction of sp³-hybridized carbons (Fsp3) is 0.259. The summed E-state index contributed by atoms with van der Waals surface area (Å²) in [5.41, 5.74) is 4.73. The average molecular weight is 547 g/mol. The summed E-state index contributed by atoms with van der Waals surface area (Å²) in [5, 5.41) is 13.4. The summed E-state index contributed by atoms with van der Waals surface area (Å²) in [5.74, 6) is -0.305. The van der Waals surface area contributed by atoms with Crippen molar-refractivity contribution in [2.45, 2.75) is 24.5 Å². The third-order valence-corrected chi connectivity index (χ3v) is 8.86. The average Bonchev–Trinajstić information content (AvgIpc) is 3.56. The van der Waals surface area contributed by atoms with Crippen molar-refractivity contribution in [3.63, 3.8) is 0 Å². The van der Waals surface area contributed by atoms with Crippen LogP contribution in [0, 0.1) is 12.7 Å². The van der Waals surface area contributed by atoms with Crippen LogP contribution in [0.15, 0.2) is 78.3 Å². The maximum absolute atomic E-state index is 13.5. The first-order valence-electron chi connectivity index (χ1n) is 12.5. The first-order valence-corrected chi connectivity index (χ1v) is 14.0. The third-order valence-electron chi connectivity index (χ3n) is 7.13. The summed E-state index contributed by atoms with van der Waals surface area (Å²) >= 11 is 0. The highest BCUT2D eigenvalue weighted by Crippen LogP contribution is 2.34. The number of piperazine rings is 1. The molecule has 0 N–H and O–H groups in total. The number of sulfonamides is 1. The van der Waals surface area contributed by atoms with Crippen molar-refractivity contribution in [1.82, 2.24) is 39.0 Å². The molecule has 1 unspecified atom stereocenters. The molecule has 1 fully saturated rings. The monoisotopic (exact) mass is 546 g/mol. The van der Waals surface area contributed by atoms with Crippen molar-refractivity contribution < 1.29 is 12.8 Å². The Kier molecular flexibility index (Phi) is 6.45. The van der Waals surface area contributed by atoms with Crippen molar-refractivity contribution >= 4 is 20.9 Å². The molecule has 6 rings (SSSR count). The van der Waals surface area contributed by atoms with Crippen LogP contribution in [0.25, 0.3) is 16.6 Å². The molecule has 0 spiro atoms. The lowest BCUT2D eigenvalue weighted by Crippen LogP contribution is -2.50. The van der Waals surface area contributed by atoms with Crippen LogP contribution in [0.5, 0.6) is 0 Å². The Morgan fingerprint density at radius 2 is 1.85 bits per heavy atom. The highest BCUT2D eigenvalue weighted by molar-refractivity contribution is 7.89. The maximum Gasteiger partial charge on any atom is 0.264 e. The molecule has 1 atom stereocenters. The number of benzene rings is 2. The highest BCUT2D eigenvalue weighted by atomic mass is 32.2. The number of rotatable bonds is 6. The van der Waals surface area contributed by atoms with Crippen LogP contribution in [0.3, 0.4) is 0 Å². The Morgan fingerprint density at radius 1 is 1.03 bits per heavy atom. The summed E-state index contributed by atoms with van der Waals surface area (Å²) in [6.45, 7) is 3.78. The lowest BCUT2D eigenvalue weighted by atomic mass is 9.96. The zero-order chi connectivity index (χ0) is 27.1. The van der Waals surface area contributed by atoms with E-state index in [1.54, 1.807) is 36.3 Å². The van der Waals surface area contributed by atoms with Crippen molar-refractivity contribution in [2.24, 2.45) is 7.05 Å². The van der Waals surface area contributed by atoms with Gasteiger partial charge in [-0.2, -0.15) is 19.3 Å². The van der Waals surface area contributed by atoms with Crippen LogP contribution >= 0.6 is 0 Å². The van der Waals surface area contributed by atoms with Gasteiger partial charge in [0.15, 0.2) is 0 Å². The molecule has 0 saturated carbocycles. The van der Waals surface area contributed by atoms with E-state index in [0.29, 0.717) is 19.6 Å². The van der Waals surface area contributed by atoms with Crippen molar-refractivity contribution in [2.75, 3.05) is 19.6 Å². The van der Waals surface area contributed by atoms with Gasteiger partial charge in [-0.3, -0.25) is 9.88 Å². The van der Waals surface area contributed by atoms with E-state index >= 15 is 0 Å². The molecule has 2 aromatic carbocycles. The lowest BCUT2D eigenvalue weighted by molar-refractivity contribution is 0.110. The topological polar surface area (TPSA) is 102 Å². The quantitative estimate of drug-likeness (QED) is 0.322.